The average molecular weight is 450 g/mol. The lowest BCUT2D eigenvalue weighted by molar-refractivity contribution is 0.120. The van der Waals surface area contributed by atoms with Gasteiger partial charge in [-0.3, -0.25) is 4.90 Å². The van der Waals surface area contributed by atoms with Crippen molar-refractivity contribution in [2.45, 2.75) is 174 Å². The van der Waals surface area contributed by atoms with E-state index in [-0.39, 0.29) is 0 Å². The van der Waals surface area contributed by atoms with E-state index in [0.717, 1.165) is 6.54 Å². The maximum atomic E-state index is 4.03. The number of nitrogens with zero attached hydrogens (tertiary/aromatic N) is 1. The Morgan fingerprint density at radius 3 is 1.25 bits per heavy atom. The lowest BCUT2D eigenvalue weighted by Gasteiger charge is -2.38. The van der Waals surface area contributed by atoms with Crippen molar-refractivity contribution in [2.75, 3.05) is 13.1 Å². The summed E-state index contributed by atoms with van der Waals surface area (Å²) in [5.74, 6) is 0. The molecule has 0 rings (SSSR count). The van der Waals surface area contributed by atoms with Crippen LogP contribution in [0.1, 0.15) is 169 Å². The Morgan fingerprint density at radius 1 is 0.531 bits per heavy atom. The van der Waals surface area contributed by atoms with E-state index in [9.17, 15) is 0 Å². The second-order valence-electron chi connectivity index (χ2n) is 11.0. The van der Waals surface area contributed by atoms with Gasteiger partial charge in [0.2, 0.25) is 0 Å². The van der Waals surface area contributed by atoms with Crippen LogP contribution in [0.25, 0.3) is 0 Å². The molecule has 0 spiro atoms. The molecule has 1 heteroatoms. The van der Waals surface area contributed by atoms with Gasteiger partial charge in [-0.2, -0.15) is 0 Å². The molecule has 0 aliphatic carbocycles. The molecule has 0 atom stereocenters. The summed E-state index contributed by atoms with van der Waals surface area (Å²) in [6, 6.07) is 0. The molecule has 0 aromatic heterocycles. The zero-order valence-electron chi connectivity index (χ0n) is 23.2. The van der Waals surface area contributed by atoms with Crippen LogP contribution >= 0.6 is 0 Å². The first-order chi connectivity index (χ1) is 15.6. The summed E-state index contributed by atoms with van der Waals surface area (Å²) in [5.41, 5.74) is 0.313. The summed E-state index contributed by atoms with van der Waals surface area (Å²) in [7, 11) is 0. The molecule has 0 unspecified atom stereocenters. The molecule has 0 radical (unpaired) electrons. The Morgan fingerprint density at radius 2 is 0.875 bits per heavy atom. The summed E-state index contributed by atoms with van der Waals surface area (Å²) in [4.78, 5) is 2.70. The summed E-state index contributed by atoms with van der Waals surface area (Å²) >= 11 is 0. The van der Waals surface area contributed by atoms with Crippen molar-refractivity contribution in [3.05, 3.63) is 12.7 Å². The molecular weight excluding hydrogens is 386 g/mol. The zero-order chi connectivity index (χ0) is 23.8. The maximum absolute atomic E-state index is 4.03. The van der Waals surface area contributed by atoms with Crippen molar-refractivity contribution >= 4 is 0 Å². The quantitative estimate of drug-likeness (QED) is 0.0937. The van der Waals surface area contributed by atoms with Gasteiger partial charge in [0.15, 0.2) is 0 Å². The summed E-state index contributed by atoms with van der Waals surface area (Å²) in [6.45, 7) is 15.8. The van der Waals surface area contributed by atoms with Crippen LogP contribution < -0.4 is 0 Å². The summed E-state index contributed by atoms with van der Waals surface area (Å²) < 4.78 is 0. The van der Waals surface area contributed by atoms with Crippen molar-refractivity contribution in [2.24, 2.45) is 0 Å². The Balaban J connectivity index is 3.76. The smallest absolute Gasteiger partial charge is 0.0165 e. The first kappa shape index (κ1) is 31.7. The zero-order valence-corrected chi connectivity index (χ0v) is 23.2. The molecule has 0 saturated heterocycles. The van der Waals surface area contributed by atoms with Crippen LogP contribution in [0.4, 0.5) is 0 Å². The van der Waals surface area contributed by atoms with E-state index in [0.29, 0.717) is 5.54 Å². The minimum absolute atomic E-state index is 0.313. The van der Waals surface area contributed by atoms with Crippen LogP contribution in [0.5, 0.6) is 0 Å². The van der Waals surface area contributed by atoms with Crippen LogP contribution in [0.2, 0.25) is 0 Å². The van der Waals surface area contributed by atoms with Gasteiger partial charge >= 0.3 is 0 Å². The van der Waals surface area contributed by atoms with Crippen molar-refractivity contribution in [3.63, 3.8) is 0 Å². The molecule has 0 aliphatic rings. The molecule has 32 heavy (non-hydrogen) atoms. The molecule has 0 bridgehead atoms. The van der Waals surface area contributed by atoms with Gasteiger partial charge in [0.1, 0.15) is 0 Å². The van der Waals surface area contributed by atoms with E-state index >= 15 is 0 Å². The predicted octanol–water partition coefficient (Wildman–Crippen LogP) is 10.9. The fraction of sp³-hybridized carbons (Fsp3) is 0.935. The second kappa shape index (κ2) is 23.8. The third kappa shape index (κ3) is 20.3. The number of hydrogen-bond acceptors (Lipinski definition) is 1. The Labute approximate surface area is 205 Å². The molecule has 0 aromatic carbocycles. The van der Waals surface area contributed by atoms with Gasteiger partial charge < -0.3 is 0 Å². The Kier molecular flexibility index (Phi) is 23.6. The lowest BCUT2D eigenvalue weighted by atomic mass is 9.93. The fourth-order valence-electron chi connectivity index (χ4n) is 4.97. The number of unbranched alkanes of at least 4 members (excludes halogenated alkanes) is 19. The van der Waals surface area contributed by atoms with Crippen LogP contribution in [0, 0.1) is 0 Å². The fourth-order valence-corrected chi connectivity index (χ4v) is 4.97. The molecule has 1 nitrogen and oxygen atoms in total. The van der Waals surface area contributed by atoms with Crippen LogP contribution in [0.3, 0.4) is 0 Å². The highest BCUT2D eigenvalue weighted by atomic mass is 15.2. The van der Waals surface area contributed by atoms with Crippen molar-refractivity contribution in [3.8, 4) is 0 Å². The Hall–Kier alpha value is -0.300. The average Bonchev–Trinajstić information content (AvgIpc) is 2.78. The minimum atomic E-state index is 0.313. The third-order valence-corrected chi connectivity index (χ3v) is 7.38. The first-order valence-electron chi connectivity index (χ1n) is 14.9. The lowest BCUT2D eigenvalue weighted by Crippen LogP contribution is -2.44. The van der Waals surface area contributed by atoms with Crippen LogP contribution in [-0.2, 0) is 0 Å². The molecule has 0 N–H and O–H groups in total. The normalized spacial score (nSPS) is 12.0. The monoisotopic (exact) mass is 449 g/mol. The predicted molar refractivity (Wildman–Crippen MR) is 149 cm³/mol. The van der Waals surface area contributed by atoms with Gasteiger partial charge in [-0.25, -0.2) is 0 Å². The number of rotatable bonds is 26. The van der Waals surface area contributed by atoms with Gasteiger partial charge in [-0.05, 0) is 33.2 Å². The molecule has 0 saturated carbocycles. The number of hydrogen-bond donors (Lipinski definition) is 0. The topological polar surface area (TPSA) is 3.24 Å². The van der Waals surface area contributed by atoms with E-state index in [1.54, 1.807) is 0 Å². The van der Waals surface area contributed by atoms with E-state index in [1.807, 2.05) is 0 Å². The molecule has 0 aromatic rings. The van der Waals surface area contributed by atoms with Gasteiger partial charge in [-0.15, -0.1) is 6.58 Å². The largest absolute Gasteiger partial charge is 0.295 e. The highest BCUT2D eigenvalue weighted by Crippen LogP contribution is 2.24. The molecule has 0 aliphatic heterocycles. The van der Waals surface area contributed by atoms with E-state index in [4.69, 9.17) is 0 Å². The van der Waals surface area contributed by atoms with Crippen LogP contribution in [0.15, 0.2) is 12.7 Å². The Bertz CT molecular complexity index is 373. The molecule has 192 valence electrons. The maximum Gasteiger partial charge on any atom is 0.0165 e. The molecule has 0 fully saturated rings. The molecule has 0 amide bonds. The van der Waals surface area contributed by atoms with Gasteiger partial charge in [0.05, 0.1) is 0 Å². The van der Waals surface area contributed by atoms with E-state index < -0.39 is 0 Å². The van der Waals surface area contributed by atoms with Crippen molar-refractivity contribution in [1.29, 1.82) is 0 Å². The summed E-state index contributed by atoms with van der Waals surface area (Å²) in [6.07, 6.45) is 33.4. The van der Waals surface area contributed by atoms with E-state index in [2.05, 4.69) is 45.2 Å². The molecular formula is C31H63N. The van der Waals surface area contributed by atoms with Crippen molar-refractivity contribution < 1.29 is 0 Å². The third-order valence-electron chi connectivity index (χ3n) is 7.38. The van der Waals surface area contributed by atoms with Gasteiger partial charge in [0, 0.05) is 12.1 Å². The van der Waals surface area contributed by atoms with Crippen molar-refractivity contribution in [1.82, 2.24) is 4.90 Å². The van der Waals surface area contributed by atoms with Gasteiger partial charge in [0.25, 0.3) is 0 Å². The summed E-state index contributed by atoms with van der Waals surface area (Å²) in [5, 5.41) is 0. The first-order valence-corrected chi connectivity index (χ1v) is 14.9. The highest BCUT2D eigenvalue weighted by Gasteiger charge is 2.24. The van der Waals surface area contributed by atoms with Gasteiger partial charge in [-0.1, -0.05) is 148 Å². The highest BCUT2D eigenvalue weighted by molar-refractivity contribution is 4.86. The van der Waals surface area contributed by atoms with Crippen LogP contribution in [-0.4, -0.2) is 23.5 Å². The SMILES string of the molecule is C=CCN(CCCCCCCCCCCCCC)C(C)(C)CCCCCCCCCCC. The standard InChI is InChI=1S/C31H63N/c1-6-9-11-13-15-17-18-19-21-23-25-27-30-32(29-8-3)31(4,5)28-26-24-22-20-16-14-12-10-7-2/h8H,3,6-7,9-30H2,1-2,4-5H3. The second-order valence-corrected chi connectivity index (χ2v) is 11.0. The molecule has 0 heterocycles. The minimum Gasteiger partial charge on any atom is -0.295 e. The van der Waals surface area contributed by atoms with E-state index in [1.165, 1.54) is 148 Å².